The van der Waals surface area contributed by atoms with Gasteiger partial charge in [0.25, 0.3) is 0 Å². The van der Waals surface area contributed by atoms with Crippen LogP contribution in [0, 0.1) is 0 Å². The first-order valence-corrected chi connectivity index (χ1v) is 16.4. The van der Waals surface area contributed by atoms with Crippen molar-refractivity contribution in [2.45, 2.75) is 40.2 Å². The summed E-state index contributed by atoms with van der Waals surface area (Å²) in [4.78, 5) is 11.5. The molecule has 2 aromatic rings. The van der Waals surface area contributed by atoms with Crippen LogP contribution in [0.4, 0.5) is 0 Å². The zero-order valence-electron chi connectivity index (χ0n) is 11.4. The van der Waals surface area contributed by atoms with E-state index in [0.29, 0.717) is 0 Å². The molecule has 1 aliphatic rings. The van der Waals surface area contributed by atoms with Crippen molar-refractivity contribution in [3.05, 3.63) is 12.3 Å². The van der Waals surface area contributed by atoms with E-state index in [1.165, 1.54) is 9.10 Å². The summed E-state index contributed by atoms with van der Waals surface area (Å²) < 4.78 is 7.27. The van der Waals surface area contributed by atoms with Gasteiger partial charge in [0.05, 0.1) is 0 Å². The Morgan fingerprint density at radius 1 is 1.33 bits per heavy atom. The normalized spacial score (nSPS) is 18.0. The zero-order chi connectivity index (χ0) is 13.0. The average Bonchev–Trinajstić information content (AvgIpc) is 2.84. The second-order valence-electron chi connectivity index (χ2n) is 6.44. The number of rotatable bonds is 3. The van der Waals surface area contributed by atoms with Gasteiger partial charge in [-0.05, 0) is 0 Å². The molecule has 0 aliphatic heterocycles. The van der Waals surface area contributed by atoms with E-state index < -0.39 is 18.4 Å². The molecular formula is C13H19N3OSn. The molecule has 0 atom stereocenters. The number of nitrogens with one attached hydrogen (secondary N) is 1. The molecule has 5 heteroatoms. The van der Waals surface area contributed by atoms with Gasteiger partial charge in [-0.2, -0.15) is 0 Å². The summed E-state index contributed by atoms with van der Waals surface area (Å²) >= 11 is -2.16. The second kappa shape index (κ2) is 3.85. The number of H-pyrrole nitrogens is 1. The molecule has 0 aromatic carbocycles. The van der Waals surface area contributed by atoms with Crippen molar-refractivity contribution in [1.29, 1.82) is 0 Å². The number of nitrogens with zero attached hydrogens (tertiary/aromatic N) is 2. The topological polar surface area (TPSA) is 50.8 Å². The van der Waals surface area contributed by atoms with Crippen LogP contribution in [0.5, 0.6) is 5.88 Å². The first-order chi connectivity index (χ1) is 8.37. The van der Waals surface area contributed by atoms with Gasteiger partial charge in [0, 0.05) is 0 Å². The maximum absolute atomic E-state index is 5.93. The molecule has 0 spiro atoms. The standard InChI is InChI=1S/C10H10N3O.3CH3.Sn/c1-10(2-3-10)14-9-4-7-5-12-13-8(7)6-11-9;;;;/h4,6H,2-3H2,1H3,(H,12,13);3*1H3;. The van der Waals surface area contributed by atoms with Gasteiger partial charge in [-0.3, -0.25) is 0 Å². The van der Waals surface area contributed by atoms with Crippen LogP contribution in [-0.4, -0.2) is 39.2 Å². The zero-order valence-corrected chi connectivity index (χ0v) is 14.2. The quantitative estimate of drug-likeness (QED) is 0.864. The summed E-state index contributed by atoms with van der Waals surface area (Å²) in [5.41, 5.74) is 0.972. The molecule has 1 N–H and O–H groups in total. The molecule has 0 amide bonds. The summed E-state index contributed by atoms with van der Waals surface area (Å²) in [6, 6.07) is 2.06. The van der Waals surface area contributed by atoms with Crippen molar-refractivity contribution in [2.75, 3.05) is 0 Å². The molecule has 0 radical (unpaired) electrons. The van der Waals surface area contributed by atoms with Crippen molar-refractivity contribution < 1.29 is 4.74 Å². The van der Waals surface area contributed by atoms with E-state index >= 15 is 0 Å². The minimum absolute atomic E-state index is 0.0234. The summed E-state index contributed by atoms with van der Waals surface area (Å²) in [6.07, 6.45) is 4.07. The van der Waals surface area contributed by atoms with Crippen LogP contribution in [0.3, 0.4) is 0 Å². The third-order valence-corrected chi connectivity index (χ3v) is 8.84. The fraction of sp³-hybridized carbons (Fsp3) is 0.538. The van der Waals surface area contributed by atoms with E-state index in [9.17, 15) is 0 Å². The molecule has 18 heavy (non-hydrogen) atoms. The number of aromatic amines is 1. The van der Waals surface area contributed by atoms with Crippen LogP contribution in [0.1, 0.15) is 19.8 Å². The maximum atomic E-state index is 5.93. The van der Waals surface area contributed by atoms with E-state index in [0.717, 1.165) is 24.2 Å². The van der Waals surface area contributed by atoms with E-state index in [4.69, 9.17) is 4.74 Å². The Hall–Kier alpha value is -0.781. The number of hydrogen-bond acceptors (Lipinski definition) is 3. The SMILES string of the molecule is CC1(Oc2cc3[c]([Sn]([CH3])([CH3])[CH3])[nH]nc3cn2)CC1. The molecule has 2 heterocycles. The van der Waals surface area contributed by atoms with Gasteiger partial charge in [0.15, 0.2) is 0 Å². The molecule has 1 aliphatic carbocycles. The molecule has 3 rings (SSSR count). The van der Waals surface area contributed by atoms with Gasteiger partial charge in [-0.25, -0.2) is 0 Å². The molecule has 0 bridgehead atoms. The molecule has 2 aromatic heterocycles. The fourth-order valence-corrected chi connectivity index (χ4v) is 6.05. The van der Waals surface area contributed by atoms with Gasteiger partial charge in [0.2, 0.25) is 0 Å². The van der Waals surface area contributed by atoms with Gasteiger partial charge >= 0.3 is 111 Å². The predicted molar refractivity (Wildman–Crippen MR) is 75.1 cm³/mol. The summed E-state index contributed by atoms with van der Waals surface area (Å²) in [5.74, 6) is 0.737. The van der Waals surface area contributed by atoms with Crippen molar-refractivity contribution in [3.8, 4) is 5.88 Å². The Morgan fingerprint density at radius 3 is 2.67 bits per heavy atom. The van der Waals surface area contributed by atoms with Gasteiger partial charge in [-0.15, -0.1) is 0 Å². The molecule has 0 unspecified atom stereocenters. The first kappa shape index (κ1) is 12.3. The van der Waals surface area contributed by atoms with Crippen molar-refractivity contribution in [3.63, 3.8) is 0 Å². The Labute approximate surface area is 111 Å². The summed E-state index contributed by atoms with van der Waals surface area (Å²) in [7, 11) is 0. The summed E-state index contributed by atoms with van der Waals surface area (Å²) in [5, 5.41) is 8.76. The number of pyridine rings is 1. The Morgan fingerprint density at radius 2 is 2.06 bits per heavy atom. The number of ether oxygens (including phenoxy) is 1. The number of aromatic nitrogens is 3. The third-order valence-electron chi connectivity index (χ3n) is 3.47. The minimum atomic E-state index is -2.16. The Bertz CT molecular complexity index is 596. The van der Waals surface area contributed by atoms with Gasteiger partial charge in [-0.1, -0.05) is 0 Å². The van der Waals surface area contributed by atoms with Crippen LogP contribution in [0.25, 0.3) is 10.9 Å². The van der Waals surface area contributed by atoms with Crippen LogP contribution in [0.15, 0.2) is 12.3 Å². The van der Waals surface area contributed by atoms with Gasteiger partial charge < -0.3 is 0 Å². The molecule has 1 fully saturated rings. The van der Waals surface area contributed by atoms with Crippen LogP contribution in [-0.2, 0) is 0 Å². The van der Waals surface area contributed by atoms with E-state index in [1.807, 2.05) is 6.20 Å². The van der Waals surface area contributed by atoms with E-state index in [2.05, 4.69) is 43.0 Å². The first-order valence-electron chi connectivity index (χ1n) is 6.41. The molecule has 4 nitrogen and oxygen atoms in total. The summed E-state index contributed by atoms with van der Waals surface area (Å²) in [6.45, 7) is 2.14. The molecule has 1 saturated carbocycles. The van der Waals surface area contributed by atoms with Crippen molar-refractivity contribution in [1.82, 2.24) is 15.2 Å². The molecule has 96 valence electrons. The molecular weight excluding hydrogens is 333 g/mol. The van der Waals surface area contributed by atoms with Gasteiger partial charge in [0.1, 0.15) is 0 Å². The average molecular weight is 352 g/mol. The van der Waals surface area contributed by atoms with Crippen molar-refractivity contribution in [2.24, 2.45) is 0 Å². The van der Waals surface area contributed by atoms with E-state index in [1.54, 1.807) is 0 Å². The van der Waals surface area contributed by atoms with E-state index in [-0.39, 0.29) is 5.60 Å². The number of fused-ring (bicyclic) bond motifs is 1. The third kappa shape index (κ3) is 2.22. The van der Waals surface area contributed by atoms with Crippen LogP contribution in [0.2, 0.25) is 14.8 Å². The predicted octanol–water partition coefficient (Wildman–Crippen LogP) is 2.43. The van der Waals surface area contributed by atoms with Crippen LogP contribution >= 0.6 is 0 Å². The molecule has 0 saturated heterocycles. The second-order valence-corrected chi connectivity index (χ2v) is 20.7. The van der Waals surface area contributed by atoms with Crippen molar-refractivity contribution >= 4 is 33.0 Å². The number of hydrogen-bond donors (Lipinski definition) is 1. The Kier molecular flexibility index (Phi) is 2.63. The Balaban J connectivity index is 2.04. The monoisotopic (exact) mass is 353 g/mol. The van der Waals surface area contributed by atoms with Crippen LogP contribution < -0.4 is 8.45 Å². The fourth-order valence-electron chi connectivity index (χ4n) is 2.05.